The van der Waals surface area contributed by atoms with Crippen LogP contribution in [0.1, 0.15) is 25.7 Å². The van der Waals surface area contributed by atoms with Gasteiger partial charge in [0.15, 0.2) is 0 Å². The minimum Gasteiger partial charge on any atom is -0.481 e. The Balaban J connectivity index is 3.96. The molecule has 0 heterocycles. The molecule has 0 saturated heterocycles. The monoisotopic (exact) mass is 202 g/mol. The van der Waals surface area contributed by atoms with Gasteiger partial charge in [-0.25, -0.2) is 0 Å². The van der Waals surface area contributed by atoms with E-state index in [4.69, 9.17) is 16.6 Å². The van der Waals surface area contributed by atoms with E-state index in [1.54, 1.807) is 0 Å². The van der Waals surface area contributed by atoms with Crippen LogP contribution in [0.25, 0.3) is 0 Å². The summed E-state index contributed by atoms with van der Waals surface area (Å²) in [6.45, 7) is 0. The predicted molar refractivity (Wildman–Crippen MR) is 48.0 cm³/mol. The molecule has 0 fully saturated rings. The van der Waals surface area contributed by atoms with Gasteiger partial charge in [0.1, 0.15) is 0 Å². The Hall–Kier alpha value is -1.59. The van der Waals surface area contributed by atoms with Crippen molar-refractivity contribution in [3.05, 3.63) is 0 Å². The summed E-state index contributed by atoms with van der Waals surface area (Å²) in [7, 11) is 0. The smallest absolute Gasteiger partial charge is 0.306 e. The van der Waals surface area contributed by atoms with Crippen molar-refractivity contribution in [3.63, 3.8) is 0 Å². The summed E-state index contributed by atoms with van der Waals surface area (Å²) in [5, 5.41) is 8.69. The fourth-order valence-electron chi connectivity index (χ4n) is 1.02. The Bertz CT molecular complexity index is 221. The van der Waals surface area contributed by atoms with Gasteiger partial charge in [-0.1, -0.05) is 0 Å². The molecule has 0 aliphatic carbocycles. The van der Waals surface area contributed by atoms with Crippen LogP contribution in [-0.4, -0.2) is 22.9 Å². The quantitative estimate of drug-likeness (QED) is 0.500. The fraction of sp³-hybridized carbons (Fsp3) is 0.625. The molecule has 14 heavy (non-hydrogen) atoms. The number of carbonyl (C=O) groups is 3. The van der Waals surface area contributed by atoms with Crippen molar-refractivity contribution in [2.45, 2.75) is 25.7 Å². The number of carboxylic acid groups (broad SMARTS) is 1. The minimum atomic E-state index is -1.03. The Morgan fingerprint density at radius 1 is 1.00 bits per heavy atom. The lowest BCUT2D eigenvalue weighted by atomic mass is 9.97. The van der Waals surface area contributed by atoms with Crippen LogP contribution in [0.3, 0.4) is 0 Å². The molecule has 0 aromatic rings. The largest absolute Gasteiger partial charge is 0.481 e. The van der Waals surface area contributed by atoms with Gasteiger partial charge < -0.3 is 16.6 Å². The minimum absolute atomic E-state index is 0.00965. The van der Waals surface area contributed by atoms with Crippen molar-refractivity contribution < 1.29 is 19.5 Å². The zero-order valence-electron chi connectivity index (χ0n) is 7.73. The molecule has 0 saturated carbocycles. The Labute approximate surface area is 81.3 Å². The van der Waals surface area contributed by atoms with Crippen LogP contribution in [0.2, 0.25) is 0 Å². The number of hydrogen-bond donors (Lipinski definition) is 3. The molecule has 0 atom stereocenters. The number of primary amides is 2. The van der Waals surface area contributed by atoms with Gasteiger partial charge in [0.2, 0.25) is 11.8 Å². The summed E-state index contributed by atoms with van der Waals surface area (Å²) in [6, 6.07) is 0. The van der Waals surface area contributed by atoms with Gasteiger partial charge in [-0.05, 0) is 12.8 Å². The number of hydrogen-bond acceptors (Lipinski definition) is 3. The molecule has 0 aliphatic heterocycles. The number of aliphatic carboxylic acids is 1. The van der Waals surface area contributed by atoms with Crippen molar-refractivity contribution >= 4 is 17.8 Å². The van der Waals surface area contributed by atoms with Gasteiger partial charge in [0.05, 0.1) is 5.92 Å². The second kappa shape index (κ2) is 5.95. The maximum absolute atomic E-state index is 10.6. The van der Waals surface area contributed by atoms with Gasteiger partial charge in [0.25, 0.3) is 0 Å². The maximum Gasteiger partial charge on any atom is 0.306 e. The Morgan fingerprint density at radius 2 is 1.36 bits per heavy atom. The zero-order valence-corrected chi connectivity index (χ0v) is 7.73. The molecule has 0 rings (SSSR count). The molecule has 80 valence electrons. The highest BCUT2D eigenvalue weighted by Crippen LogP contribution is 2.13. The standard InChI is InChI=1S/C8H14N2O4/c9-6(11)3-1-5(8(13)14)2-4-7(10)12/h5H,1-4H2,(H2,9,11)(H2,10,12)(H,13,14). The van der Waals surface area contributed by atoms with Crippen LogP contribution in [0.5, 0.6) is 0 Å². The highest BCUT2D eigenvalue weighted by Gasteiger charge is 2.18. The first-order chi connectivity index (χ1) is 6.43. The summed E-state index contributed by atoms with van der Waals surface area (Å²) in [6.07, 6.45) is 0.321. The first-order valence-electron chi connectivity index (χ1n) is 4.23. The van der Waals surface area contributed by atoms with E-state index in [1.165, 1.54) is 0 Å². The number of carboxylic acids is 1. The van der Waals surface area contributed by atoms with Gasteiger partial charge >= 0.3 is 5.97 Å². The lowest BCUT2D eigenvalue weighted by Gasteiger charge is -2.09. The summed E-state index contributed by atoms with van der Waals surface area (Å²) in [5.74, 6) is -2.85. The highest BCUT2D eigenvalue weighted by atomic mass is 16.4. The fourth-order valence-corrected chi connectivity index (χ4v) is 1.02. The van der Waals surface area contributed by atoms with Crippen molar-refractivity contribution in [2.24, 2.45) is 17.4 Å². The SMILES string of the molecule is NC(=O)CCC(CCC(N)=O)C(=O)O. The van der Waals surface area contributed by atoms with Crippen LogP contribution in [0.4, 0.5) is 0 Å². The molecule has 5 N–H and O–H groups in total. The topological polar surface area (TPSA) is 123 Å². The third-order valence-corrected chi connectivity index (χ3v) is 1.83. The second-order valence-electron chi connectivity index (χ2n) is 3.05. The van der Waals surface area contributed by atoms with Crippen molar-refractivity contribution in [2.75, 3.05) is 0 Å². The highest BCUT2D eigenvalue weighted by molar-refractivity contribution is 5.77. The average molecular weight is 202 g/mol. The van der Waals surface area contributed by atoms with E-state index in [-0.39, 0.29) is 25.7 Å². The van der Waals surface area contributed by atoms with Crippen molar-refractivity contribution in [1.82, 2.24) is 0 Å². The summed E-state index contributed by atoms with van der Waals surface area (Å²) < 4.78 is 0. The van der Waals surface area contributed by atoms with E-state index in [9.17, 15) is 14.4 Å². The van der Waals surface area contributed by atoms with Crippen LogP contribution in [-0.2, 0) is 14.4 Å². The number of nitrogens with two attached hydrogens (primary N) is 2. The van der Waals surface area contributed by atoms with Crippen molar-refractivity contribution in [3.8, 4) is 0 Å². The summed E-state index contributed by atoms with van der Waals surface area (Å²) >= 11 is 0. The molecule has 2 amide bonds. The molecule has 0 aliphatic rings. The van der Waals surface area contributed by atoms with E-state index >= 15 is 0 Å². The van der Waals surface area contributed by atoms with Crippen LogP contribution in [0, 0.1) is 5.92 Å². The molecule has 6 heteroatoms. The van der Waals surface area contributed by atoms with E-state index < -0.39 is 23.7 Å². The molecule has 0 unspecified atom stereocenters. The van der Waals surface area contributed by atoms with E-state index in [0.717, 1.165) is 0 Å². The number of amides is 2. The van der Waals surface area contributed by atoms with Crippen LogP contribution in [0.15, 0.2) is 0 Å². The molecule has 0 radical (unpaired) electrons. The molecule has 6 nitrogen and oxygen atoms in total. The number of carbonyl (C=O) groups excluding carboxylic acids is 2. The lowest BCUT2D eigenvalue weighted by Crippen LogP contribution is -2.20. The zero-order chi connectivity index (χ0) is 11.1. The van der Waals surface area contributed by atoms with Gasteiger partial charge in [0, 0.05) is 12.8 Å². The van der Waals surface area contributed by atoms with E-state index in [2.05, 4.69) is 0 Å². The molecule has 0 spiro atoms. The third kappa shape index (κ3) is 5.99. The summed E-state index contributed by atoms with van der Waals surface area (Å²) in [4.78, 5) is 31.4. The van der Waals surface area contributed by atoms with Crippen molar-refractivity contribution in [1.29, 1.82) is 0 Å². The molecule has 0 aromatic heterocycles. The summed E-state index contributed by atoms with van der Waals surface area (Å²) in [5.41, 5.74) is 9.75. The molecule has 0 aromatic carbocycles. The first kappa shape index (κ1) is 12.4. The lowest BCUT2D eigenvalue weighted by molar-refractivity contribution is -0.142. The molecule has 0 bridgehead atoms. The van der Waals surface area contributed by atoms with E-state index in [0.29, 0.717) is 0 Å². The van der Waals surface area contributed by atoms with Crippen LogP contribution >= 0.6 is 0 Å². The predicted octanol–water partition coefficient (Wildman–Crippen LogP) is -0.782. The molecular weight excluding hydrogens is 188 g/mol. The first-order valence-corrected chi connectivity index (χ1v) is 4.23. The average Bonchev–Trinajstić information content (AvgIpc) is 2.02. The molecular formula is C8H14N2O4. The Morgan fingerprint density at radius 3 is 1.57 bits per heavy atom. The second-order valence-corrected chi connectivity index (χ2v) is 3.05. The van der Waals surface area contributed by atoms with Gasteiger partial charge in [-0.15, -0.1) is 0 Å². The third-order valence-electron chi connectivity index (χ3n) is 1.83. The Kier molecular flexibility index (Phi) is 5.28. The van der Waals surface area contributed by atoms with Gasteiger partial charge in [-0.2, -0.15) is 0 Å². The van der Waals surface area contributed by atoms with Crippen LogP contribution < -0.4 is 11.5 Å². The van der Waals surface area contributed by atoms with Gasteiger partial charge in [-0.3, -0.25) is 14.4 Å². The van der Waals surface area contributed by atoms with E-state index in [1.807, 2.05) is 0 Å². The number of rotatable bonds is 7. The normalized spacial score (nSPS) is 10.1. The maximum atomic E-state index is 10.6.